The van der Waals surface area contributed by atoms with E-state index in [0.717, 1.165) is 25.6 Å². The molecule has 0 bridgehead atoms. The van der Waals surface area contributed by atoms with Gasteiger partial charge in [-0.1, -0.05) is 42.5 Å². The minimum atomic E-state index is 0.245. The summed E-state index contributed by atoms with van der Waals surface area (Å²) in [6.45, 7) is 3.06. The van der Waals surface area contributed by atoms with E-state index in [9.17, 15) is 5.11 Å². The number of hydrogen-bond acceptors (Lipinski definition) is 2. The lowest BCUT2D eigenvalue weighted by molar-refractivity contribution is 0.165. The molecule has 2 heteroatoms. The zero-order valence-corrected chi connectivity index (χ0v) is 11.0. The molecule has 1 aliphatic carbocycles. The Hall–Kier alpha value is -1.12. The summed E-state index contributed by atoms with van der Waals surface area (Å²) in [4.78, 5) is 2.37. The molecule has 0 aliphatic heterocycles. The molecule has 1 aromatic carbocycles. The van der Waals surface area contributed by atoms with Crippen molar-refractivity contribution < 1.29 is 5.11 Å². The number of aliphatic hydroxyl groups is 1. The topological polar surface area (TPSA) is 23.5 Å². The fourth-order valence-corrected chi connectivity index (χ4v) is 2.61. The van der Waals surface area contributed by atoms with Crippen LogP contribution in [0.3, 0.4) is 0 Å². The molecule has 1 aromatic rings. The minimum Gasteiger partial charge on any atom is -0.395 e. The first-order chi connectivity index (χ1) is 8.88. The standard InChI is InChI=1S/C16H23NO/c18-12-11-17(13-15-7-3-1-4-8-15)14-16-9-5-2-6-10-16/h1-5,7-8,16,18H,6,9-14H2/t16-/m0/s1. The van der Waals surface area contributed by atoms with Crippen LogP contribution in [0.25, 0.3) is 0 Å². The van der Waals surface area contributed by atoms with Crippen molar-refractivity contribution in [3.8, 4) is 0 Å². The van der Waals surface area contributed by atoms with Crippen molar-refractivity contribution in [2.24, 2.45) is 5.92 Å². The second-order valence-corrected chi connectivity index (χ2v) is 5.09. The molecule has 1 N–H and O–H groups in total. The van der Waals surface area contributed by atoms with E-state index >= 15 is 0 Å². The molecule has 18 heavy (non-hydrogen) atoms. The van der Waals surface area contributed by atoms with Crippen LogP contribution < -0.4 is 0 Å². The number of aliphatic hydroxyl groups excluding tert-OH is 1. The molecule has 0 radical (unpaired) electrons. The van der Waals surface area contributed by atoms with Gasteiger partial charge < -0.3 is 5.11 Å². The highest BCUT2D eigenvalue weighted by molar-refractivity contribution is 5.14. The van der Waals surface area contributed by atoms with Crippen LogP contribution in [0.15, 0.2) is 42.5 Å². The summed E-state index contributed by atoms with van der Waals surface area (Å²) < 4.78 is 0. The van der Waals surface area contributed by atoms with Crippen molar-refractivity contribution in [1.29, 1.82) is 0 Å². The van der Waals surface area contributed by atoms with Gasteiger partial charge in [0.15, 0.2) is 0 Å². The number of rotatable bonds is 6. The number of hydrogen-bond donors (Lipinski definition) is 1. The molecule has 0 unspecified atom stereocenters. The molecule has 1 atom stereocenters. The molecule has 1 aliphatic rings. The molecule has 0 spiro atoms. The molecule has 0 aromatic heterocycles. The number of benzene rings is 1. The summed E-state index contributed by atoms with van der Waals surface area (Å²) in [5, 5.41) is 9.19. The summed E-state index contributed by atoms with van der Waals surface area (Å²) in [6, 6.07) is 10.5. The quantitative estimate of drug-likeness (QED) is 0.779. The highest BCUT2D eigenvalue weighted by Crippen LogP contribution is 2.20. The molecule has 0 amide bonds. The van der Waals surface area contributed by atoms with E-state index in [1.807, 2.05) is 6.07 Å². The fourth-order valence-electron chi connectivity index (χ4n) is 2.61. The van der Waals surface area contributed by atoms with Crippen molar-refractivity contribution in [3.63, 3.8) is 0 Å². The van der Waals surface area contributed by atoms with Gasteiger partial charge in [0.1, 0.15) is 0 Å². The van der Waals surface area contributed by atoms with Crippen LogP contribution in [0.1, 0.15) is 24.8 Å². The van der Waals surface area contributed by atoms with E-state index in [2.05, 4.69) is 41.3 Å². The second-order valence-electron chi connectivity index (χ2n) is 5.09. The lowest BCUT2D eigenvalue weighted by Gasteiger charge is -2.27. The van der Waals surface area contributed by atoms with Gasteiger partial charge in [-0.15, -0.1) is 0 Å². The van der Waals surface area contributed by atoms with Gasteiger partial charge in [-0.25, -0.2) is 0 Å². The Morgan fingerprint density at radius 1 is 1.17 bits per heavy atom. The zero-order valence-electron chi connectivity index (χ0n) is 11.0. The van der Waals surface area contributed by atoms with Crippen LogP contribution in [0.4, 0.5) is 0 Å². The fraction of sp³-hybridized carbons (Fsp3) is 0.500. The molecule has 2 rings (SSSR count). The third kappa shape index (κ3) is 4.28. The third-order valence-electron chi connectivity index (χ3n) is 3.56. The second kappa shape index (κ2) is 7.34. The number of nitrogens with zero attached hydrogens (tertiary/aromatic N) is 1. The van der Waals surface area contributed by atoms with Gasteiger partial charge in [-0.3, -0.25) is 4.90 Å². The summed E-state index contributed by atoms with van der Waals surface area (Å²) in [5.74, 6) is 0.755. The lowest BCUT2D eigenvalue weighted by Crippen LogP contribution is -2.32. The minimum absolute atomic E-state index is 0.245. The van der Waals surface area contributed by atoms with E-state index in [0.29, 0.717) is 0 Å². The predicted octanol–water partition coefficient (Wildman–Crippen LogP) is 2.84. The average molecular weight is 245 g/mol. The van der Waals surface area contributed by atoms with E-state index in [4.69, 9.17) is 0 Å². The van der Waals surface area contributed by atoms with Crippen molar-refractivity contribution in [2.75, 3.05) is 19.7 Å². The zero-order chi connectivity index (χ0) is 12.6. The van der Waals surface area contributed by atoms with E-state index in [-0.39, 0.29) is 6.61 Å². The predicted molar refractivity (Wildman–Crippen MR) is 75.3 cm³/mol. The van der Waals surface area contributed by atoms with Gasteiger partial charge in [0, 0.05) is 19.6 Å². The number of allylic oxidation sites excluding steroid dienone is 2. The van der Waals surface area contributed by atoms with Crippen LogP contribution in [0.2, 0.25) is 0 Å². The van der Waals surface area contributed by atoms with E-state index in [1.54, 1.807) is 0 Å². The van der Waals surface area contributed by atoms with Gasteiger partial charge in [0.2, 0.25) is 0 Å². The van der Waals surface area contributed by atoms with Crippen LogP contribution in [-0.2, 0) is 6.54 Å². The Bertz CT molecular complexity index is 361. The molecule has 0 heterocycles. The Balaban J connectivity index is 1.89. The van der Waals surface area contributed by atoms with Crippen molar-refractivity contribution in [3.05, 3.63) is 48.0 Å². The van der Waals surface area contributed by atoms with Crippen molar-refractivity contribution >= 4 is 0 Å². The van der Waals surface area contributed by atoms with E-state index < -0.39 is 0 Å². The Kier molecular flexibility index (Phi) is 5.43. The van der Waals surface area contributed by atoms with Crippen LogP contribution in [0, 0.1) is 5.92 Å². The molecule has 0 saturated carbocycles. The molecule has 2 nitrogen and oxygen atoms in total. The maximum Gasteiger partial charge on any atom is 0.0558 e. The first kappa shape index (κ1) is 13.3. The summed E-state index contributed by atoms with van der Waals surface area (Å²) >= 11 is 0. The Morgan fingerprint density at radius 2 is 2.00 bits per heavy atom. The first-order valence-corrected chi connectivity index (χ1v) is 6.90. The summed E-state index contributed by atoms with van der Waals surface area (Å²) in [5.41, 5.74) is 1.33. The smallest absolute Gasteiger partial charge is 0.0558 e. The average Bonchev–Trinajstić information content (AvgIpc) is 2.41. The van der Waals surface area contributed by atoms with Crippen LogP contribution in [0.5, 0.6) is 0 Å². The van der Waals surface area contributed by atoms with Gasteiger partial charge in [0.25, 0.3) is 0 Å². The molecule has 98 valence electrons. The monoisotopic (exact) mass is 245 g/mol. The Morgan fingerprint density at radius 3 is 2.67 bits per heavy atom. The summed E-state index contributed by atoms with van der Waals surface area (Å²) in [6.07, 6.45) is 8.27. The third-order valence-corrected chi connectivity index (χ3v) is 3.56. The van der Waals surface area contributed by atoms with Gasteiger partial charge >= 0.3 is 0 Å². The van der Waals surface area contributed by atoms with E-state index in [1.165, 1.54) is 24.8 Å². The maximum absolute atomic E-state index is 9.19. The SMILES string of the molecule is OCCN(Cc1ccccc1)C[C@H]1CC=CCC1. The largest absolute Gasteiger partial charge is 0.395 e. The molecular weight excluding hydrogens is 222 g/mol. The normalized spacial score (nSPS) is 19.3. The Labute approximate surface area is 110 Å². The highest BCUT2D eigenvalue weighted by Gasteiger charge is 2.14. The van der Waals surface area contributed by atoms with Crippen LogP contribution in [-0.4, -0.2) is 29.7 Å². The first-order valence-electron chi connectivity index (χ1n) is 6.90. The highest BCUT2D eigenvalue weighted by atomic mass is 16.3. The van der Waals surface area contributed by atoms with Gasteiger partial charge in [0.05, 0.1) is 6.61 Å². The van der Waals surface area contributed by atoms with Gasteiger partial charge in [-0.05, 0) is 30.7 Å². The molecule has 0 saturated heterocycles. The molecular formula is C16H23NO. The van der Waals surface area contributed by atoms with Crippen LogP contribution >= 0.6 is 0 Å². The maximum atomic E-state index is 9.19. The van der Waals surface area contributed by atoms with Crippen molar-refractivity contribution in [1.82, 2.24) is 4.90 Å². The summed E-state index contributed by atoms with van der Waals surface area (Å²) in [7, 11) is 0. The lowest BCUT2D eigenvalue weighted by atomic mass is 9.94. The van der Waals surface area contributed by atoms with Gasteiger partial charge in [-0.2, -0.15) is 0 Å². The molecule has 0 fully saturated rings. The van der Waals surface area contributed by atoms with Crippen molar-refractivity contribution in [2.45, 2.75) is 25.8 Å².